The maximum Gasteiger partial charge on any atom is -0.0337 e. The Labute approximate surface area is 72.4 Å². The van der Waals surface area contributed by atoms with Gasteiger partial charge in [-0.25, -0.2) is 0 Å². The van der Waals surface area contributed by atoms with Crippen LogP contribution >= 0.6 is 6.89 Å². The Balaban J connectivity index is 3.22. The van der Waals surface area contributed by atoms with Crippen LogP contribution in [0, 0.1) is 5.92 Å². The van der Waals surface area contributed by atoms with Crippen molar-refractivity contribution in [3.8, 4) is 0 Å². The molecule has 11 heavy (non-hydrogen) atoms. The van der Waals surface area contributed by atoms with Crippen LogP contribution < -0.4 is 0 Å². The second kappa shape index (κ2) is 5.04. The smallest absolute Gasteiger partial charge is 0.0337 e. The zero-order valence-corrected chi connectivity index (χ0v) is 9.45. The summed E-state index contributed by atoms with van der Waals surface area (Å²) in [6.45, 7) is 8.51. The molecule has 0 aliphatic heterocycles. The highest BCUT2D eigenvalue weighted by Gasteiger charge is 1.99. The van der Waals surface area contributed by atoms with Gasteiger partial charge in [0.25, 0.3) is 0 Å². The molecule has 0 aromatic heterocycles. The quantitative estimate of drug-likeness (QED) is 0.442. The van der Waals surface area contributed by atoms with Gasteiger partial charge in [-0.2, -0.15) is 0 Å². The fourth-order valence-electron chi connectivity index (χ4n) is 1.09. The highest BCUT2D eigenvalue weighted by atomic mass is 31.2. The standard InChI is InChI=1S/C10H23P/c1-10(2)8-6-7-9-11(3,4)5/h10H,3,6-9H2,1-2,4-5H3. The number of hydrogen-bond acceptors (Lipinski definition) is 0. The summed E-state index contributed by atoms with van der Waals surface area (Å²) < 4.78 is 0. The van der Waals surface area contributed by atoms with Gasteiger partial charge in [-0.05, 0) is 31.8 Å². The molecule has 0 aromatic carbocycles. The lowest BCUT2D eigenvalue weighted by Crippen LogP contribution is -1.91. The highest BCUT2D eigenvalue weighted by molar-refractivity contribution is 7.72. The SMILES string of the molecule is C=P(C)(C)CCCCC(C)C. The van der Waals surface area contributed by atoms with E-state index in [0.717, 1.165) is 5.92 Å². The van der Waals surface area contributed by atoms with E-state index in [0.29, 0.717) is 0 Å². The van der Waals surface area contributed by atoms with Crippen molar-refractivity contribution in [2.75, 3.05) is 19.5 Å². The summed E-state index contributed by atoms with van der Waals surface area (Å²) in [6, 6.07) is 0. The van der Waals surface area contributed by atoms with Crippen molar-refractivity contribution < 1.29 is 0 Å². The molecule has 0 radical (unpaired) electrons. The highest BCUT2D eigenvalue weighted by Crippen LogP contribution is 2.36. The lowest BCUT2D eigenvalue weighted by atomic mass is 10.1. The third kappa shape index (κ3) is 10.3. The average Bonchev–Trinajstić information content (AvgIpc) is 1.78. The van der Waals surface area contributed by atoms with Gasteiger partial charge in [0.05, 0.1) is 0 Å². The first-order valence-corrected chi connectivity index (χ1v) is 7.64. The van der Waals surface area contributed by atoms with Crippen LogP contribution in [0.25, 0.3) is 0 Å². The molecule has 0 amide bonds. The van der Waals surface area contributed by atoms with Crippen LogP contribution in [0.15, 0.2) is 0 Å². The Morgan fingerprint density at radius 2 is 1.73 bits per heavy atom. The molecule has 0 heterocycles. The van der Waals surface area contributed by atoms with Gasteiger partial charge in [-0.3, -0.25) is 0 Å². The van der Waals surface area contributed by atoms with E-state index in [4.69, 9.17) is 0 Å². The summed E-state index contributed by atoms with van der Waals surface area (Å²) in [4.78, 5) is 0. The van der Waals surface area contributed by atoms with Crippen molar-refractivity contribution in [2.24, 2.45) is 5.92 Å². The van der Waals surface area contributed by atoms with Gasteiger partial charge < -0.3 is 0 Å². The summed E-state index contributed by atoms with van der Waals surface area (Å²) in [6.07, 6.45) is 9.75. The average molecular weight is 174 g/mol. The molecular formula is C10H23P. The molecule has 68 valence electrons. The lowest BCUT2D eigenvalue weighted by molar-refractivity contribution is 0.551. The molecular weight excluding hydrogens is 151 g/mol. The molecule has 1 heteroatoms. The van der Waals surface area contributed by atoms with Crippen molar-refractivity contribution in [1.29, 1.82) is 0 Å². The van der Waals surface area contributed by atoms with Crippen LogP contribution in [0.2, 0.25) is 0 Å². The monoisotopic (exact) mass is 174 g/mol. The first-order valence-electron chi connectivity index (χ1n) is 4.59. The molecule has 0 nitrogen and oxygen atoms in total. The Morgan fingerprint density at radius 1 is 1.18 bits per heavy atom. The summed E-state index contributed by atoms with van der Waals surface area (Å²) in [5.74, 6) is 0.876. The minimum absolute atomic E-state index is 0.726. The van der Waals surface area contributed by atoms with Crippen LogP contribution in [-0.4, -0.2) is 25.8 Å². The summed E-state index contributed by atoms with van der Waals surface area (Å²) in [5.41, 5.74) is 0. The van der Waals surface area contributed by atoms with Gasteiger partial charge in [0.2, 0.25) is 0 Å². The summed E-state index contributed by atoms with van der Waals surface area (Å²) >= 11 is 0. The fourth-order valence-corrected chi connectivity index (χ4v) is 2.17. The predicted octanol–water partition coefficient (Wildman–Crippen LogP) is 3.52. The van der Waals surface area contributed by atoms with Crippen LogP contribution in [-0.2, 0) is 0 Å². The van der Waals surface area contributed by atoms with Crippen molar-refractivity contribution in [3.63, 3.8) is 0 Å². The number of rotatable bonds is 5. The predicted molar refractivity (Wildman–Crippen MR) is 59.4 cm³/mol. The number of hydrogen-bond donors (Lipinski definition) is 0. The first-order chi connectivity index (χ1) is 4.92. The zero-order chi connectivity index (χ0) is 8.91. The van der Waals surface area contributed by atoms with E-state index in [-0.39, 0.29) is 0 Å². The topological polar surface area (TPSA) is 0 Å². The van der Waals surface area contributed by atoms with E-state index < -0.39 is 6.89 Å². The third-order valence-corrected chi connectivity index (χ3v) is 3.32. The van der Waals surface area contributed by atoms with E-state index in [1.165, 1.54) is 25.4 Å². The van der Waals surface area contributed by atoms with Crippen LogP contribution in [0.4, 0.5) is 0 Å². The van der Waals surface area contributed by atoms with Crippen molar-refractivity contribution in [1.82, 2.24) is 0 Å². The van der Waals surface area contributed by atoms with E-state index >= 15 is 0 Å². The molecule has 0 N–H and O–H groups in total. The molecule has 0 saturated heterocycles. The largest absolute Gasteiger partial charge is 0.118 e. The minimum Gasteiger partial charge on any atom is -0.118 e. The molecule has 0 saturated carbocycles. The van der Waals surface area contributed by atoms with Crippen LogP contribution in [0.5, 0.6) is 0 Å². The van der Waals surface area contributed by atoms with Gasteiger partial charge in [0.1, 0.15) is 0 Å². The molecule has 0 aliphatic rings. The van der Waals surface area contributed by atoms with E-state index in [2.05, 4.69) is 33.5 Å². The van der Waals surface area contributed by atoms with Gasteiger partial charge in [-0.15, -0.1) is 13.2 Å². The Kier molecular flexibility index (Phi) is 5.17. The Bertz CT molecular complexity index is 130. The second-order valence-corrected chi connectivity index (χ2v) is 8.87. The molecule has 0 fully saturated rings. The minimum atomic E-state index is -0.726. The molecule has 0 rings (SSSR count). The summed E-state index contributed by atoms with van der Waals surface area (Å²) in [7, 11) is 0. The van der Waals surface area contributed by atoms with Gasteiger partial charge in [-0.1, -0.05) is 26.7 Å². The molecule has 0 atom stereocenters. The number of unbranched alkanes of at least 4 members (excludes halogenated alkanes) is 1. The fraction of sp³-hybridized carbons (Fsp3) is 0.900. The van der Waals surface area contributed by atoms with Crippen LogP contribution in [0.1, 0.15) is 33.1 Å². The van der Waals surface area contributed by atoms with Gasteiger partial charge >= 0.3 is 0 Å². The molecule has 0 unspecified atom stereocenters. The van der Waals surface area contributed by atoms with Crippen molar-refractivity contribution >= 4 is 13.2 Å². The first kappa shape index (κ1) is 11.3. The zero-order valence-electron chi connectivity index (χ0n) is 8.56. The third-order valence-electron chi connectivity index (χ3n) is 1.79. The van der Waals surface area contributed by atoms with Crippen molar-refractivity contribution in [3.05, 3.63) is 0 Å². The van der Waals surface area contributed by atoms with E-state index in [1.807, 2.05) is 0 Å². The van der Waals surface area contributed by atoms with Crippen molar-refractivity contribution in [2.45, 2.75) is 33.1 Å². The Morgan fingerprint density at radius 3 is 2.09 bits per heavy atom. The van der Waals surface area contributed by atoms with E-state index in [9.17, 15) is 0 Å². The summed E-state index contributed by atoms with van der Waals surface area (Å²) in [5, 5.41) is 0. The van der Waals surface area contributed by atoms with Crippen LogP contribution in [0.3, 0.4) is 0 Å². The Hall–Kier alpha value is 0.300. The maximum absolute atomic E-state index is 4.20. The van der Waals surface area contributed by atoms with Gasteiger partial charge in [0, 0.05) is 0 Å². The molecule has 0 bridgehead atoms. The van der Waals surface area contributed by atoms with Gasteiger partial charge in [0.15, 0.2) is 0 Å². The molecule has 0 aromatic rings. The lowest BCUT2D eigenvalue weighted by Gasteiger charge is -2.12. The normalized spacial score (nSPS) is 12.5. The molecule has 0 spiro atoms. The van der Waals surface area contributed by atoms with E-state index in [1.54, 1.807) is 0 Å². The maximum atomic E-state index is 4.20. The molecule has 0 aliphatic carbocycles. The second-order valence-electron chi connectivity index (χ2n) is 4.55.